The number of hydrogen-bond donors (Lipinski definition) is 2. The molecule has 3 N–H and O–H groups in total. The Morgan fingerprint density at radius 1 is 0.527 bits per heavy atom. The first-order valence-corrected chi connectivity index (χ1v) is 19.2. The Bertz CT molecular complexity index is 2640. The van der Waals surface area contributed by atoms with Crippen molar-refractivity contribution in [1.29, 1.82) is 0 Å². The molecule has 266 valence electrons. The van der Waals surface area contributed by atoms with Crippen LogP contribution in [0.5, 0.6) is 0 Å². The third kappa shape index (κ3) is 6.67. The van der Waals surface area contributed by atoms with Crippen molar-refractivity contribution < 1.29 is 0 Å². The third-order valence-corrected chi connectivity index (χ3v) is 11.4. The fraction of sp³-hybridized carbons (Fsp3) is 0.0943. The summed E-state index contributed by atoms with van der Waals surface area (Å²) in [6, 6.07) is 67.7. The summed E-state index contributed by atoms with van der Waals surface area (Å²) < 4.78 is 0. The molecule has 1 aliphatic rings. The van der Waals surface area contributed by atoms with Crippen LogP contribution in [0.2, 0.25) is 0 Å². The Morgan fingerprint density at radius 2 is 1.07 bits per heavy atom. The zero-order valence-corrected chi connectivity index (χ0v) is 31.3. The molecule has 0 radical (unpaired) electrons. The van der Waals surface area contributed by atoms with E-state index in [1.165, 1.54) is 72.0 Å². The summed E-state index contributed by atoms with van der Waals surface area (Å²) >= 11 is 0. The van der Waals surface area contributed by atoms with Gasteiger partial charge in [0.25, 0.3) is 0 Å². The smallest absolute Gasteiger partial charge is 0.101 e. The molecule has 2 heteroatoms. The number of benzene rings is 8. The van der Waals surface area contributed by atoms with Crippen molar-refractivity contribution in [2.45, 2.75) is 31.8 Å². The van der Waals surface area contributed by atoms with Crippen LogP contribution in [0.1, 0.15) is 47.8 Å². The first kappa shape index (κ1) is 34.3. The van der Waals surface area contributed by atoms with Gasteiger partial charge in [0.05, 0.1) is 0 Å². The molecule has 2 nitrogen and oxygen atoms in total. The predicted molar refractivity (Wildman–Crippen MR) is 232 cm³/mol. The molecule has 0 heterocycles. The van der Waals surface area contributed by atoms with Gasteiger partial charge in [-0.05, 0) is 102 Å². The topological polar surface area (TPSA) is 38.0 Å². The van der Waals surface area contributed by atoms with Gasteiger partial charge in [0.15, 0.2) is 0 Å². The van der Waals surface area contributed by atoms with E-state index in [1.54, 1.807) is 0 Å². The molecule has 0 saturated carbocycles. The van der Waals surface area contributed by atoms with Crippen LogP contribution in [0, 0.1) is 0 Å². The molecule has 0 spiro atoms. The quantitative estimate of drug-likeness (QED) is 0.147. The number of allylic oxidation sites excluding steroid dienone is 1. The lowest BCUT2D eigenvalue weighted by atomic mass is 9.81. The van der Waals surface area contributed by atoms with Gasteiger partial charge in [0.1, 0.15) is 6.17 Å². The highest BCUT2D eigenvalue weighted by Gasteiger charge is 2.37. The summed E-state index contributed by atoms with van der Waals surface area (Å²) in [4.78, 5) is 0. The summed E-state index contributed by atoms with van der Waals surface area (Å²) in [7, 11) is 0. The lowest BCUT2D eigenvalue weighted by Gasteiger charge is -2.22. The van der Waals surface area contributed by atoms with Crippen LogP contribution < -0.4 is 11.1 Å². The molecule has 8 aromatic carbocycles. The van der Waals surface area contributed by atoms with Crippen LogP contribution in [0.25, 0.3) is 61.0 Å². The highest BCUT2D eigenvalue weighted by atomic mass is 15.0. The van der Waals surface area contributed by atoms with Gasteiger partial charge in [-0.3, -0.25) is 0 Å². The molecule has 0 aliphatic heterocycles. The highest BCUT2D eigenvalue weighted by molar-refractivity contribution is 5.98. The largest absolute Gasteiger partial charge is 0.366 e. The standard InChI is InChI=1S/C53H44N2/c1-53(2)48-19-11-18-46(51(48)47-34-44-16-9-10-17-45(44)35-49(47)53)41-29-31-42(32-30-41)50(55-52(54)43-14-7-4-8-15-43)33-22-36-20-23-38(24-21-36)40-27-25-39(26-28-40)37-12-5-3-6-13-37/h3-21,23-35,52,55H,22,54H2,1-2H3/b50-33-. The predicted octanol–water partition coefficient (Wildman–Crippen LogP) is 13.0. The van der Waals surface area contributed by atoms with E-state index in [2.05, 4.69) is 195 Å². The minimum absolute atomic E-state index is 0.0801. The molecule has 1 aliphatic carbocycles. The van der Waals surface area contributed by atoms with E-state index in [4.69, 9.17) is 5.73 Å². The van der Waals surface area contributed by atoms with Gasteiger partial charge in [-0.2, -0.15) is 0 Å². The van der Waals surface area contributed by atoms with Gasteiger partial charge in [0.2, 0.25) is 0 Å². The fourth-order valence-electron chi connectivity index (χ4n) is 8.25. The summed E-state index contributed by atoms with van der Waals surface area (Å²) in [6.07, 6.45) is 2.69. The van der Waals surface area contributed by atoms with E-state index < -0.39 is 0 Å². The number of nitrogens with two attached hydrogens (primary N) is 1. The third-order valence-electron chi connectivity index (χ3n) is 11.4. The number of hydrogen-bond acceptors (Lipinski definition) is 2. The molecule has 0 fully saturated rings. The molecule has 0 bridgehead atoms. The van der Waals surface area contributed by atoms with Crippen molar-refractivity contribution in [1.82, 2.24) is 5.32 Å². The van der Waals surface area contributed by atoms with Crippen LogP contribution in [-0.4, -0.2) is 0 Å². The van der Waals surface area contributed by atoms with E-state index in [9.17, 15) is 0 Å². The zero-order valence-electron chi connectivity index (χ0n) is 31.3. The second-order valence-corrected chi connectivity index (χ2v) is 15.2. The monoisotopic (exact) mass is 708 g/mol. The second-order valence-electron chi connectivity index (χ2n) is 15.2. The Hall–Kier alpha value is -6.48. The van der Waals surface area contributed by atoms with Crippen LogP contribution in [-0.2, 0) is 11.8 Å². The van der Waals surface area contributed by atoms with Gasteiger partial charge < -0.3 is 11.1 Å². The number of nitrogens with one attached hydrogen (secondary N) is 1. The van der Waals surface area contributed by atoms with Gasteiger partial charge in [-0.25, -0.2) is 0 Å². The van der Waals surface area contributed by atoms with E-state index in [-0.39, 0.29) is 11.6 Å². The second kappa shape index (κ2) is 14.4. The molecular formula is C53H44N2. The van der Waals surface area contributed by atoms with E-state index in [1.807, 2.05) is 18.2 Å². The van der Waals surface area contributed by atoms with E-state index in [0.29, 0.717) is 0 Å². The van der Waals surface area contributed by atoms with E-state index in [0.717, 1.165) is 23.2 Å². The van der Waals surface area contributed by atoms with Crippen LogP contribution in [0.4, 0.5) is 0 Å². The zero-order chi connectivity index (χ0) is 37.4. The Morgan fingerprint density at radius 3 is 1.73 bits per heavy atom. The van der Waals surface area contributed by atoms with Crippen molar-refractivity contribution in [2.24, 2.45) is 5.73 Å². The van der Waals surface area contributed by atoms with Crippen LogP contribution in [0.15, 0.2) is 194 Å². The summed E-state index contributed by atoms with van der Waals surface area (Å²) in [6.45, 7) is 4.71. The minimum Gasteiger partial charge on any atom is -0.366 e. The van der Waals surface area contributed by atoms with Crippen LogP contribution in [0.3, 0.4) is 0 Å². The Kier molecular flexibility index (Phi) is 8.98. The maximum Gasteiger partial charge on any atom is 0.101 e. The molecule has 9 rings (SSSR count). The van der Waals surface area contributed by atoms with Crippen molar-refractivity contribution in [2.75, 3.05) is 0 Å². The van der Waals surface area contributed by atoms with Gasteiger partial charge in [-0.15, -0.1) is 0 Å². The molecule has 55 heavy (non-hydrogen) atoms. The highest BCUT2D eigenvalue weighted by Crippen LogP contribution is 2.53. The summed E-state index contributed by atoms with van der Waals surface area (Å²) in [5.41, 5.74) is 23.9. The minimum atomic E-state index is -0.348. The summed E-state index contributed by atoms with van der Waals surface area (Å²) in [5, 5.41) is 6.22. The molecule has 1 unspecified atom stereocenters. The number of fused-ring (bicyclic) bond motifs is 4. The average molecular weight is 709 g/mol. The fourth-order valence-corrected chi connectivity index (χ4v) is 8.25. The normalized spacial score (nSPS) is 13.6. The Balaban J connectivity index is 1.01. The van der Waals surface area contributed by atoms with Crippen molar-refractivity contribution in [3.05, 3.63) is 222 Å². The van der Waals surface area contributed by atoms with Gasteiger partial charge >= 0.3 is 0 Å². The first-order chi connectivity index (χ1) is 26.9. The van der Waals surface area contributed by atoms with Crippen LogP contribution >= 0.6 is 0 Å². The van der Waals surface area contributed by atoms with Gasteiger partial charge in [-0.1, -0.05) is 196 Å². The SMILES string of the molecule is CC1(C)c2cc3ccccc3cc2-c2c(-c3ccc(/C(=C/Cc4ccc(-c5ccc(-c6ccccc6)cc5)cc4)NC(N)c4ccccc4)cc3)cccc21. The summed E-state index contributed by atoms with van der Waals surface area (Å²) in [5.74, 6) is 0. The van der Waals surface area contributed by atoms with Crippen molar-refractivity contribution in [3.63, 3.8) is 0 Å². The van der Waals surface area contributed by atoms with Crippen molar-refractivity contribution >= 4 is 16.5 Å². The molecule has 8 aromatic rings. The molecule has 0 saturated heterocycles. The van der Waals surface area contributed by atoms with E-state index >= 15 is 0 Å². The lowest BCUT2D eigenvalue weighted by molar-refractivity contribution is 0.661. The number of rotatable bonds is 9. The average Bonchev–Trinajstić information content (AvgIpc) is 3.47. The van der Waals surface area contributed by atoms with Crippen molar-refractivity contribution in [3.8, 4) is 44.5 Å². The molecule has 0 amide bonds. The lowest BCUT2D eigenvalue weighted by Crippen LogP contribution is -2.27. The maximum atomic E-state index is 6.77. The first-order valence-electron chi connectivity index (χ1n) is 19.2. The van der Waals surface area contributed by atoms with Gasteiger partial charge in [0, 0.05) is 11.1 Å². The molecule has 0 aromatic heterocycles. The molecule has 1 atom stereocenters. The maximum absolute atomic E-state index is 6.77. The molecular weight excluding hydrogens is 665 g/mol. The Labute approximate surface area is 324 Å².